The van der Waals surface area contributed by atoms with Gasteiger partial charge in [0.05, 0.1) is 12.5 Å². The summed E-state index contributed by atoms with van der Waals surface area (Å²) >= 11 is 0. The van der Waals surface area contributed by atoms with E-state index in [2.05, 4.69) is 24.0 Å². The fraction of sp³-hybridized carbons (Fsp3) is 0.562. The summed E-state index contributed by atoms with van der Waals surface area (Å²) in [5.74, 6) is -0.749. The van der Waals surface area contributed by atoms with E-state index in [1.54, 1.807) is 0 Å². The number of aryl methyl sites for hydroxylation is 1. The van der Waals surface area contributed by atoms with Crippen molar-refractivity contribution in [1.29, 1.82) is 0 Å². The molecule has 4 nitrogen and oxygen atoms in total. The van der Waals surface area contributed by atoms with Crippen molar-refractivity contribution in [2.24, 2.45) is 0 Å². The largest absolute Gasteiger partial charge is 0.481 e. The van der Waals surface area contributed by atoms with Gasteiger partial charge in [-0.25, -0.2) is 0 Å². The summed E-state index contributed by atoms with van der Waals surface area (Å²) in [6.07, 6.45) is 3.74. The van der Waals surface area contributed by atoms with Crippen molar-refractivity contribution in [2.75, 3.05) is 24.6 Å². The highest BCUT2D eigenvalue weighted by molar-refractivity contribution is 5.68. The topological polar surface area (TPSA) is 49.8 Å². The molecule has 2 rings (SSSR count). The Hall–Kier alpha value is -1.55. The number of para-hydroxylation sites is 1. The van der Waals surface area contributed by atoms with Crippen molar-refractivity contribution < 1.29 is 14.6 Å². The summed E-state index contributed by atoms with van der Waals surface area (Å²) in [6.45, 7) is 4.33. The molecule has 1 unspecified atom stereocenters. The maximum atomic E-state index is 10.8. The van der Waals surface area contributed by atoms with Crippen molar-refractivity contribution in [3.63, 3.8) is 0 Å². The summed E-state index contributed by atoms with van der Waals surface area (Å²) in [5.41, 5.74) is 2.32. The third-order valence-corrected chi connectivity index (χ3v) is 3.80. The first-order valence-electron chi connectivity index (χ1n) is 7.31. The molecule has 1 aromatic rings. The van der Waals surface area contributed by atoms with E-state index in [4.69, 9.17) is 9.84 Å². The van der Waals surface area contributed by atoms with Gasteiger partial charge in [0.2, 0.25) is 0 Å². The van der Waals surface area contributed by atoms with Gasteiger partial charge in [-0.3, -0.25) is 4.79 Å². The summed E-state index contributed by atoms with van der Waals surface area (Å²) in [6, 6.07) is 8.14. The summed E-state index contributed by atoms with van der Waals surface area (Å²) in [5, 5.41) is 8.91. The van der Waals surface area contributed by atoms with Crippen LogP contribution in [0.15, 0.2) is 24.3 Å². The van der Waals surface area contributed by atoms with Crippen molar-refractivity contribution >= 4 is 11.7 Å². The summed E-state index contributed by atoms with van der Waals surface area (Å²) < 4.78 is 5.65. The molecular weight excluding hydrogens is 254 g/mol. The number of hydrogen-bond donors (Lipinski definition) is 1. The minimum Gasteiger partial charge on any atom is -0.481 e. The van der Waals surface area contributed by atoms with Crippen LogP contribution in [0.3, 0.4) is 0 Å². The molecule has 1 atom stereocenters. The van der Waals surface area contributed by atoms with Crippen molar-refractivity contribution in [3.8, 4) is 0 Å². The monoisotopic (exact) mass is 277 g/mol. The second-order valence-electron chi connectivity index (χ2n) is 5.34. The van der Waals surface area contributed by atoms with Gasteiger partial charge in [-0.2, -0.15) is 0 Å². The minimum absolute atomic E-state index is 0.167. The maximum absolute atomic E-state index is 10.8. The first-order chi connectivity index (χ1) is 9.66. The average Bonchev–Trinajstić information content (AvgIpc) is 2.93. The Bertz CT molecular complexity index is 441. The molecule has 1 heterocycles. The van der Waals surface area contributed by atoms with Crippen LogP contribution in [0.1, 0.15) is 31.2 Å². The first-order valence-corrected chi connectivity index (χ1v) is 7.31. The van der Waals surface area contributed by atoms with Crippen LogP contribution in [0.4, 0.5) is 5.69 Å². The molecule has 0 amide bonds. The molecule has 4 heteroatoms. The van der Waals surface area contributed by atoms with E-state index in [1.807, 2.05) is 12.1 Å². The van der Waals surface area contributed by atoms with Gasteiger partial charge < -0.3 is 14.7 Å². The molecule has 1 N–H and O–H groups in total. The molecule has 110 valence electrons. The number of ether oxygens (including phenoxy) is 1. The molecule has 20 heavy (non-hydrogen) atoms. The van der Waals surface area contributed by atoms with E-state index in [0.29, 0.717) is 12.6 Å². The van der Waals surface area contributed by atoms with Crippen molar-refractivity contribution in [1.82, 2.24) is 0 Å². The van der Waals surface area contributed by atoms with E-state index in [9.17, 15) is 4.79 Å². The van der Waals surface area contributed by atoms with Gasteiger partial charge in [-0.15, -0.1) is 0 Å². The van der Waals surface area contributed by atoms with E-state index < -0.39 is 5.97 Å². The summed E-state index contributed by atoms with van der Waals surface area (Å²) in [7, 11) is 0. The molecule has 0 aliphatic carbocycles. The Morgan fingerprint density at radius 2 is 2.20 bits per heavy atom. The van der Waals surface area contributed by atoms with Gasteiger partial charge in [-0.05, 0) is 37.8 Å². The Balaban J connectivity index is 1.99. The lowest BCUT2D eigenvalue weighted by molar-refractivity contribution is -0.136. The molecule has 0 spiro atoms. The Morgan fingerprint density at radius 1 is 1.40 bits per heavy atom. The van der Waals surface area contributed by atoms with Gasteiger partial charge in [0.15, 0.2) is 0 Å². The van der Waals surface area contributed by atoms with E-state index >= 15 is 0 Å². The fourth-order valence-corrected chi connectivity index (χ4v) is 2.67. The number of nitrogens with zero attached hydrogens (tertiary/aromatic N) is 1. The quantitative estimate of drug-likeness (QED) is 0.832. The van der Waals surface area contributed by atoms with Crippen LogP contribution in [0.5, 0.6) is 0 Å². The molecule has 1 aromatic carbocycles. The van der Waals surface area contributed by atoms with Crippen LogP contribution in [-0.2, 0) is 9.53 Å². The first kappa shape index (κ1) is 14.9. The standard InChI is InChI=1S/C16H23NO3/c1-13-5-2-3-7-15(13)17(11-9-16(18)19)10-8-14-6-4-12-20-14/h2-3,5,7,14H,4,6,8-12H2,1H3,(H,18,19). The average molecular weight is 277 g/mol. The Labute approximate surface area is 120 Å². The van der Waals surface area contributed by atoms with Gasteiger partial charge in [0.1, 0.15) is 0 Å². The Kier molecular flexibility index (Phi) is 5.41. The third-order valence-electron chi connectivity index (χ3n) is 3.80. The summed E-state index contributed by atoms with van der Waals surface area (Å²) in [4.78, 5) is 13.0. The molecule has 0 radical (unpaired) electrons. The van der Waals surface area contributed by atoms with Crippen LogP contribution in [0.25, 0.3) is 0 Å². The van der Waals surface area contributed by atoms with E-state index in [1.165, 1.54) is 5.56 Å². The highest BCUT2D eigenvalue weighted by Crippen LogP contribution is 2.22. The number of rotatable bonds is 7. The predicted molar refractivity (Wildman–Crippen MR) is 79.2 cm³/mol. The lowest BCUT2D eigenvalue weighted by Gasteiger charge is -2.27. The lowest BCUT2D eigenvalue weighted by atomic mass is 10.1. The smallest absolute Gasteiger partial charge is 0.305 e. The molecule has 0 saturated carbocycles. The number of benzene rings is 1. The highest BCUT2D eigenvalue weighted by atomic mass is 16.5. The zero-order chi connectivity index (χ0) is 14.4. The van der Waals surface area contributed by atoms with Crippen LogP contribution in [0, 0.1) is 6.92 Å². The van der Waals surface area contributed by atoms with Gasteiger partial charge >= 0.3 is 5.97 Å². The number of hydrogen-bond acceptors (Lipinski definition) is 3. The van der Waals surface area contributed by atoms with Crippen LogP contribution < -0.4 is 4.90 Å². The van der Waals surface area contributed by atoms with Crippen molar-refractivity contribution in [3.05, 3.63) is 29.8 Å². The van der Waals surface area contributed by atoms with Gasteiger partial charge in [-0.1, -0.05) is 18.2 Å². The van der Waals surface area contributed by atoms with Crippen LogP contribution >= 0.6 is 0 Å². The third kappa shape index (κ3) is 4.23. The van der Waals surface area contributed by atoms with Gasteiger partial charge in [0.25, 0.3) is 0 Å². The second kappa shape index (κ2) is 7.29. The molecule has 1 aliphatic heterocycles. The lowest BCUT2D eigenvalue weighted by Crippen LogP contribution is -2.30. The van der Waals surface area contributed by atoms with Crippen LogP contribution in [0.2, 0.25) is 0 Å². The maximum Gasteiger partial charge on any atom is 0.305 e. The fourth-order valence-electron chi connectivity index (χ4n) is 2.67. The number of carbonyl (C=O) groups is 1. The molecule has 0 bridgehead atoms. The molecule has 1 saturated heterocycles. The van der Waals surface area contributed by atoms with Crippen molar-refractivity contribution in [2.45, 2.75) is 38.7 Å². The molecule has 1 fully saturated rings. The molecule has 1 aliphatic rings. The Morgan fingerprint density at radius 3 is 2.85 bits per heavy atom. The number of aliphatic carboxylic acids is 1. The SMILES string of the molecule is Cc1ccccc1N(CCC(=O)O)CCC1CCCO1. The minimum atomic E-state index is -0.749. The van der Waals surface area contributed by atoms with Gasteiger partial charge in [0, 0.05) is 25.4 Å². The molecule has 0 aromatic heterocycles. The zero-order valence-electron chi connectivity index (χ0n) is 12.0. The van der Waals surface area contributed by atoms with Crippen LogP contribution in [-0.4, -0.2) is 36.9 Å². The van der Waals surface area contributed by atoms with E-state index in [0.717, 1.165) is 38.1 Å². The predicted octanol–water partition coefficient (Wildman–Crippen LogP) is 2.85. The number of anilines is 1. The zero-order valence-corrected chi connectivity index (χ0v) is 12.0. The second-order valence-corrected chi connectivity index (χ2v) is 5.34. The highest BCUT2D eigenvalue weighted by Gasteiger charge is 2.18. The van der Waals surface area contributed by atoms with E-state index in [-0.39, 0.29) is 6.42 Å². The normalized spacial score (nSPS) is 18.1. The molecular formula is C16H23NO3. The number of carboxylic acids is 1. The number of carboxylic acid groups (broad SMARTS) is 1.